The lowest BCUT2D eigenvalue weighted by molar-refractivity contribution is -0.127. The van der Waals surface area contributed by atoms with E-state index in [1.807, 2.05) is 0 Å². The lowest BCUT2D eigenvalue weighted by Crippen LogP contribution is -2.44. The van der Waals surface area contributed by atoms with Crippen molar-refractivity contribution < 1.29 is 4.79 Å². The molecule has 0 aromatic carbocycles. The van der Waals surface area contributed by atoms with Crippen molar-refractivity contribution in [3.63, 3.8) is 0 Å². The molecule has 3 heteroatoms. The van der Waals surface area contributed by atoms with Crippen LogP contribution in [0, 0.1) is 11.8 Å². The van der Waals surface area contributed by atoms with Crippen LogP contribution >= 0.6 is 0 Å². The number of carbonyl (C=O) groups excluding carboxylic acids is 1. The van der Waals surface area contributed by atoms with Gasteiger partial charge in [0.25, 0.3) is 0 Å². The van der Waals surface area contributed by atoms with Crippen molar-refractivity contribution in [1.82, 2.24) is 5.32 Å². The third-order valence-electron chi connectivity index (χ3n) is 4.56. The molecule has 2 rings (SSSR count). The highest BCUT2D eigenvalue weighted by atomic mass is 16.1. The van der Waals surface area contributed by atoms with Crippen LogP contribution in [0.2, 0.25) is 0 Å². The number of hydrogen-bond acceptors (Lipinski definition) is 2. The Bertz CT molecular complexity index is 261. The molecule has 0 radical (unpaired) electrons. The summed E-state index contributed by atoms with van der Waals surface area (Å²) in [7, 11) is 0. The summed E-state index contributed by atoms with van der Waals surface area (Å²) in [6, 6.07) is 0.746. The summed E-state index contributed by atoms with van der Waals surface area (Å²) in [5.41, 5.74) is 5.99. The van der Waals surface area contributed by atoms with Gasteiger partial charge in [0.05, 0.1) is 0 Å². The van der Waals surface area contributed by atoms with Gasteiger partial charge in [-0.1, -0.05) is 26.2 Å². The van der Waals surface area contributed by atoms with Crippen molar-refractivity contribution >= 4 is 5.91 Å². The van der Waals surface area contributed by atoms with Gasteiger partial charge >= 0.3 is 0 Å². The van der Waals surface area contributed by atoms with Crippen LogP contribution in [-0.2, 0) is 4.79 Å². The minimum Gasteiger partial charge on any atom is -0.353 e. The van der Waals surface area contributed by atoms with Crippen molar-refractivity contribution in [2.75, 3.05) is 0 Å². The summed E-state index contributed by atoms with van der Waals surface area (Å²) >= 11 is 0. The number of carbonyl (C=O) groups is 1. The minimum absolute atomic E-state index is 0.215. The van der Waals surface area contributed by atoms with Gasteiger partial charge in [-0.2, -0.15) is 0 Å². The molecule has 0 aliphatic heterocycles. The first-order valence-electron chi connectivity index (χ1n) is 7.22. The van der Waals surface area contributed by atoms with Crippen LogP contribution in [-0.4, -0.2) is 18.0 Å². The van der Waals surface area contributed by atoms with Crippen molar-refractivity contribution in [2.45, 2.75) is 70.4 Å². The molecule has 0 bridgehead atoms. The lowest BCUT2D eigenvalue weighted by atomic mass is 9.79. The largest absolute Gasteiger partial charge is 0.353 e. The fraction of sp³-hybridized carbons (Fsp3) is 0.929. The molecule has 0 saturated heterocycles. The predicted octanol–water partition coefficient (Wildman–Crippen LogP) is 2.20. The van der Waals surface area contributed by atoms with Crippen molar-refractivity contribution in [3.8, 4) is 0 Å². The van der Waals surface area contributed by atoms with Gasteiger partial charge in [-0.05, 0) is 38.0 Å². The fourth-order valence-corrected chi connectivity index (χ4v) is 3.22. The van der Waals surface area contributed by atoms with E-state index in [9.17, 15) is 4.79 Å². The number of nitrogens with one attached hydrogen (secondary N) is 1. The molecule has 3 N–H and O–H groups in total. The third kappa shape index (κ3) is 3.44. The van der Waals surface area contributed by atoms with E-state index in [4.69, 9.17) is 5.73 Å². The third-order valence-corrected chi connectivity index (χ3v) is 4.56. The van der Waals surface area contributed by atoms with E-state index < -0.39 is 0 Å². The number of amides is 1. The van der Waals surface area contributed by atoms with E-state index in [-0.39, 0.29) is 11.8 Å². The first-order chi connectivity index (χ1) is 8.16. The Labute approximate surface area is 105 Å². The van der Waals surface area contributed by atoms with E-state index in [0.29, 0.717) is 18.0 Å². The van der Waals surface area contributed by atoms with Crippen molar-refractivity contribution in [1.29, 1.82) is 0 Å². The van der Waals surface area contributed by atoms with Gasteiger partial charge in [0, 0.05) is 18.0 Å². The standard InChI is InChI=1S/C14H26N2O/c1-10-9-11(7-8-13(10)15)14(17)16-12-5-3-2-4-6-12/h10-13H,2-9,15H2,1H3,(H,16,17). The van der Waals surface area contributed by atoms with Crippen LogP contribution in [0.1, 0.15) is 58.3 Å². The molecule has 0 spiro atoms. The molecular weight excluding hydrogens is 212 g/mol. The second-order valence-electron chi connectivity index (χ2n) is 5.99. The molecule has 2 aliphatic carbocycles. The van der Waals surface area contributed by atoms with Gasteiger partial charge in [-0.3, -0.25) is 4.79 Å². The van der Waals surface area contributed by atoms with Gasteiger partial charge in [0.1, 0.15) is 0 Å². The number of hydrogen-bond donors (Lipinski definition) is 2. The molecular formula is C14H26N2O. The average molecular weight is 238 g/mol. The predicted molar refractivity (Wildman–Crippen MR) is 69.5 cm³/mol. The zero-order valence-corrected chi connectivity index (χ0v) is 11.0. The minimum atomic E-state index is 0.215. The molecule has 0 heterocycles. The summed E-state index contributed by atoms with van der Waals surface area (Å²) in [6.45, 7) is 2.17. The summed E-state index contributed by atoms with van der Waals surface area (Å²) in [5, 5.41) is 3.24. The summed E-state index contributed by atoms with van der Waals surface area (Å²) in [6.07, 6.45) is 9.18. The molecule has 2 fully saturated rings. The fourth-order valence-electron chi connectivity index (χ4n) is 3.22. The Kier molecular flexibility index (Phi) is 4.43. The van der Waals surface area contributed by atoms with E-state index >= 15 is 0 Å². The normalized spacial score (nSPS) is 35.5. The number of nitrogens with two attached hydrogens (primary N) is 1. The zero-order chi connectivity index (χ0) is 12.3. The Morgan fingerprint density at radius 2 is 1.82 bits per heavy atom. The van der Waals surface area contributed by atoms with Crippen LogP contribution in [0.5, 0.6) is 0 Å². The van der Waals surface area contributed by atoms with Crippen molar-refractivity contribution in [2.24, 2.45) is 17.6 Å². The molecule has 3 atom stereocenters. The monoisotopic (exact) mass is 238 g/mol. The number of rotatable bonds is 2. The Hall–Kier alpha value is -0.570. The van der Waals surface area contributed by atoms with Crippen molar-refractivity contribution in [3.05, 3.63) is 0 Å². The average Bonchev–Trinajstić information content (AvgIpc) is 2.34. The smallest absolute Gasteiger partial charge is 0.223 e. The first kappa shape index (κ1) is 12.9. The Balaban J connectivity index is 1.79. The molecule has 0 aromatic rings. The second-order valence-corrected chi connectivity index (χ2v) is 5.99. The molecule has 2 saturated carbocycles. The summed E-state index contributed by atoms with van der Waals surface area (Å²) < 4.78 is 0. The molecule has 3 nitrogen and oxygen atoms in total. The summed E-state index contributed by atoms with van der Waals surface area (Å²) in [4.78, 5) is 12.2. The lowest BCUT2D eigenvalue weighted by Gasteiger charge is -2.32. The molecule has 0 aromatic heterocycles. The molecule has 3 unspecified atom stereocenters. The molecule has 2 aliphatic rings. The topological polar surface area (TPSA) is 55.1 Å². The second kappa shape index (κ2) is 5.85. The molecule has 1 amide bonds. The Morgan fingerprint density at radius 3 is 2.47 bits per heavy atom. The van der Waals surface area contributed by atoms with Gasteiger partial charge in [-0.15, -0.1) is 0 Å². The van der Waals surface area contributed by atoms with E-state index in [0.717, 1.165) is 19.3 Å². The van der Waals surface area contributed by atoms with Gasteiger partial charge in [0.2, 0.25) is 5.91 Å². The van der Waals surface area contributed by atoms with Gasteiger partial charge < -0.3 is 11.1 Å². The van der Waals surface area contributed by atoms with Gasteiger partial charge in [0.15, 0.2) is 0 Å². The quantitative estimate of drug-likeness (QED) is 0.775. The van der Waals surface area contributed by atoms with E-state index in [1.54, 1.807) is 0 Å². The highest BCUT2D eigenvalue weighted by Gasteiger charge is 2.30. The highest BCUT2D eigenvalue weighted by Crippen LogP contribution is 2.28. The first-order valence-corrected chi connectivity index (χ1v) is 7.22. The van der Waals surface area contributed by atoms with Crippen LogP contribution in [0.3, 0.4) is 0 Å². The van der Waals surface area contributed by atoms with Crippen LogP contribution in [0.15, 0.2) is 0 Å². The maximum Gasteiger partial charge on any atom is 0.223 e. The maximum atomic E-state index is 12.2. The van der Waals surface area contributed by atoms with Crippen LogP contribution in [0.4, 0.5) is 0 Å². The van der Waals surface area contributed by atoms with Crippen LogP contribution in [0.25, 0.3) is 0 Å². The SMILES string of the molecule is CC1CC(C(=O)NC2CCCCC2)CCC1N. The maximum absolute atomic E-state index is 12.2. The zero-order valence-electron chi connectivity index (χ0n) is 11.0. The van der Waals surface area contributed by atoms with E-state index in [1.165, 1.54) is 32.1 Å². The highest BCUT2D eigenvalue weighted by molar-refractivity contribution is 5.79. The van der Waals surface area contributed by atoms with Crippen LogP contribution < -0.4 is 11.1 Å². The summed E-state index contributed by atoms with van der Waals surface area (Å²) in [5.74, 6) is 0.994. The molecule has 17 heavy (non-hydrogen) atoms. The molecule has 98 valence electrons. The van der Waals surface area contributed by atoms with Gasteiger partial charge in [-0.25, -0.2) is 0 Å². The Morgan fingerprint density at radius 1 is 1.12 bits per heavy atom. The van der Waals surface area contributed by atoms with E-state index in [2.05, 4.69) is 12.2 Å².